The van der Waals surface area contributed by atoms with Crippen molar-refractivity contribution in [3.8, 4) is 11.5 Å². The van der Waals surface area contributed by atoms with Crippen molar-refractivity contribution < 1.29 is 28.6 Å². The quantitative estimate of drug-likeness (QED) is 0.833. The molecule has 7 nitrogen and oxygen atoms in total. The lowest BCUT2D eigenvalue weighted by molar-refractivity contribution is 0.0624. The van der Waals surface area contributed by atoms with Crippen LogP contribution < -0.4 is 0 Å². The van der Waals surface area contributed by atoms with Gasteiger partial charge in [-0.3, -0.25) is 0 Å². The van der Waals surface area contributed by atoms with Crippen LogP contribution in [-0.2, 0) is 0 Å². The minimum absolute atomic E-state index is 0.0916. The van der Waals surface area contributed by atoms with Crippen LogP contribution in [0.4, 0.5) is 0 Å². The zero-order valence-corrected chi connectivity index (χ0v) is 8.63. The van der Waals surface area contributed by atoms with Crippen molar-refractivity contribution in [1.82, 2.24) is 4.98 Å². The van der Waals surface area contributed by atoms with E-state index in [1.807, 2.05) is 0 Å². The first-order valence-corrected chi connectivity index (χ1v) is 4.52. The number of furan rings is 1. The van der Waals surface area contributed by atoms with Crippen molar-refractivity contribution in [3.05, 3.63) is 29.5 Å². The molecule has 2 aromatic heterocycles. The Hall–Kier alpha value is -2.57. The molecule has 0 fully saturated rings. The van der Waals surface area contributed by atoms with Gasteiger partial charge < -0.3 is 19.0 Å². The maximum Gasteiger partial charge on any atom is 0.374 e. The van der Waals surface area contributed by atoms with Crippen molar-refractivity contribution in [3.63, 3.8) is 0 Å². The minimum Gasteiger partial charge on any atom is -0.476 e. The fourth-order valence-electron chi connectivity index (χ4n) is 1.33. The monoisotopic (exact) mass is 237 g/mol. The van der Waals surface area contributed by atoms with Crippen LogP contribution in [0.15, 0.2) is 21.2 Å². The molecular weight excluding hydrogens is 230 g/mol. The average molecular weight is 237 g/mol. The van der Waals surface area contributed by atoms with E-state index in [0.717, 1.165) is 0 Å². The molecule has 0 bridgehead atoms. The molecule has 0 atom stereocenters. The molecule has 0 unspecified atom stereocenters. The van der Waals surface area contributed by atoms with Crippen LogP contribution in [0.5, 0.6) is 0 Å². The summed E-state index contributed by atoms with van der Waals surface area (Å²) in [5.41, 5.74) is -0.215. The van der Waals surface area contributed by atoms with E-state index in [1.165, 1.54) is 12.3 Å². The van der Waals surface area contributed by atoms with Crippen molar-refractivity contribution in [2.45, 2.75) is 6.92 Å². The summed E-state index contributed by atoms with van der Waals surface area (Å²) < 4.78 is 9.91. The van der Waals surface area contributed by atoms with Gasteiger partial charge in [0.05, 0.1) is 11.8 Å². The molecule has 2 aromatic rings. The van der Waals surface area contributed by atoms with Gasteiger partial charge in [0.15, 0.2) is 0 Å². The summed E-state index contributed by atoms with van der Waals surface area (Å²) in [6.07, 6.45) is 1.37. The van der Waals surface area contributed by atoms with Crippen LogP contribution in [0.3, 0.4) is 0 Å². The van der Waals surface area contributed by atoms with Crippen molar-refractivity contribution in [2.75, 3.05) is 0 Å². The normalized spacial score (nSPS) is 10.4. The minimum atomic E-state index is -1.48. The Labute approximate surface area is 94.3 Å². The van der Waals surface area contributed by atoms with Gasteiger partial charge in [0, 0.05) is 0 Å². The fourth-order valence-corrected chi connectivity index (χ4v) is 1.33. The molecule has 88 valence electrons. The first-order chi connectivity index (χ1) is 8.00. The lowest BCUT2D eigenvalue weighted by Gasteiger charge is -1.89. The second-order valence-electron chi connectivity index (χ2n) is 3.20. The third kappa shape index (κ3) is 1.78. The van der Waals surface area contributed by atoms with E-state index >= 15 is 0 Å². The van der Waals surface area contributed by atoms with Crippen LogP contribution in [0.2, 0.25) is 0 Å². The van der Waals surface area contributed by atoms with Gasteiger partial charge in [-0.25, -0.2) is 14.6 Å². The van der Waals surface area contributed by atoms with Gasteiger partial charge in [-0.1, -0.05) is 0 Å². The Kier molecular flexibility index (Phi) is 2.43. The summed E-state index contributed by atoms with van der Waals surface area (Å²) in [6, 6.07) is 1.51. The molecule has 2 N–H and O–H groups in total. The van der Waals surface area contributed by atoms with Crippen LogP contribution in [0, 0.1) is 6.92 Å². The molecule has 17 heavy (non-hydrogen) atoms. The molecular formula is C10H7NO6. The Bertz CT molecular complexity index is 562. The molecule has 0 saturated heterocycles. The number of hydrogen-bond donors (Lipinski definition) is 2. The third-order valence-electron chi connectivity index (χ3n) is 2.11. The Balaban J connectivity index is 2.59. The van der Waals surface area contributed by atoms with Crippen LogP contribution in [0.25, 0.3) is 11.5 Å². The number of oxazole rings is 1. The standard InChI is InChI=1S/C10H7NO6/c1-4-5(2-3-16-4)8-11-6(9(12)13)7(17-8)10(14)15/h2-3H,1H3,(H,12,13)(H,14,15). The highest BCUT2D eigenvalue weighted by molar-refractivity contribution is 5.98. The lowest BCUT2D eigenvalue weighted by Crippen LogP contribution is -2.05. The van der Waals surface area contributed by atoms with Crippen LogP contribution in [0.1, 0.15) is 26.8 Å². The van der Waals surface area contributed by atoms with Gasteiger partial charge in [-0.2, -0.15) is 0 Å². The van der Waals surface area contributed by atoms with Gasteiger partial charge in [0.2, 0.25) is 17.3 Å². The second kappa shape index (κ2) is 3.78. The summed E-state index contributed by atoms with van der Waals surface area (Å²) in [5.74, 6) is -3.28. The summed E-state index contributed by atoms with van der Waals surface area (Å²) in [5, 5.41) is 17.6. The summed E-state index contributed by atoms with van der Waals surface area (Å²) in [7, 11) is 0. The Morgan fingerprint density at radius 2 is 2.00 bits per heavy atom. The number of rotatable bonds is 3. The SMILES string of the molecule is Cc1occc1-c1nc(C(=O)O)c(C(=O)O)o1. The third-order valence-corrected chi connectivity index (χ3v) is 2.11. The average Bonchev–Trinajstić information content (AvgIpc) is 2.82. The van der Waals surface area contributed by atoms with E-state index in [2.05, 4.69) is 4.98 Å². The number of nitrogens with zero attached hydrogens (tertiary/aromatic N) is 1. The predicted octanol–water partition coefficient (Wildman–Crippen LogP) is 1.64. The van der Waals surface area contributed by atoms with Crippen molar-refractivity contribution in [2.24, 2.45) is 0 Å². The highest BCUT2D eigenvalue weighted by Gasteiger charge is 2.26. The zero-order chi connectivity index (χ0) is 12.6. The van der Waals surface area contributed by atoms with Gasteiger partial charge >= 0.3 is 11.9 Å². The van der Waals surface area contributed by atoms with E-state index in [4.69, 9.17) is 19.0 Å². The number of hydrogen-bond acceptors (Lipinski definition) is 5. The number of aromatic nitrogens is 1. The van der Waals surface area contributed by atoms with Crippen molar-refractivity contribution >= 4 is 11.9 Å². The van der Waals surface area contributed by atoms with E-state index in [9.17, 15) is 9.59 Å². The predicted molar refractivity (Wildman–Crippen MR) is 52.9 cm³/mol. The molecule has 2 heterocycles. The van der Waals surface area contributed by atoms with Crippen LogP contribution >= 0.6 is 0 Å². The van der Waals surface area contributed by atoms with Gasteiger partial charge in [0.25, 0.3) is 0 Å². The molecule has 0 aliphatic heterocycles. The first kappa shape index (κ1) is 10.9. The fraction of sp³-hybridized carbons (Fsp3) is 0.100. The smallest absolute Gasteiger partial charge is 0.374 e. The number of carboxylic acid groups (broad SMARTS) is 2. The van der Waals surface area contributed by atoms with E-state index in [-0.39, 0.29) is 5.89 Å². The van der Waals surface area contributed by atoms with E-state index in [0.29, 0.717) is 11.3 Å². The number of carbonyl (C=O) groups is 2. The van der Waals surface area contributed by atoms with E-state index in [1.54, 1.807) is 6.92 Å². The van der Waals surface area contributed by atoms with Crippen molar-refractivity contribution in [1.29, 1.82) is 0 Å². The molecule has 0 amide bonds. The van der Waals surface area contributed by atoms with Gasteiger partial charge in [-0.15, -0.1) is 0 Å². The number of carboxylic acids is 2. The van der Waals surface area contributed by atoms with E-state index < -0.39 is 23.4 Å². The maximum atomic E-state index is 10.8. The summed E-state index contributed by atoms with van der Waals surface area (Å²) in [4.78, 5) is 25.2. The molecule has 0 aliphatic carbocycles. The highest BCUT2D eigenvalue weighted by Crippen LogP contribution is 2.25. The molecule has 7 heteroatoms. The second-order valence-corrected chi connectivity index (χ2v) is 3.20. The zero-order valence-electron chi connectivity index (χ0n) is 8.63. The molecule has 0 aliphatic rings. The van der Waals surface area contributed by atoms with Gasteiger partial charge in [0.1, 0.15) is 5.76 Å². The first-order valence-electron chi connectivity index (χ1n) is 4.52. The molecule has 0 aromatic carbocycles. The Morgan fingerprint density at radius 3 is 2.41 bits per heavy atom. The topological polar surface area (TPSA) is 114 Å². The number of aromatic carboxylic acids is 2. The number of aryl methyl sites for hydroxylation is 1. The van der Waals surface area contributed by atoms with Crippen LogP contribution in [-0.4, -0.2) is 27.1 Å². The van der Waals surface area contributed by atoms with Gasteiger partial charge in [-0.05, 0) is 13.0 Å². The molecule has 0 saturated carbocycles. The molecule has 0 spiro atoms. The Morgan fingerprint density at radius 1 is 1.29 bits per heavy atom. The lowest BCUT2D eigenvalue weighted by atomic mass is 10.2. The summed E-state index contributed by atoms with van der Waals surface area (Å²) in [6.45, 7) is 1.63. The molecule has 0 radical (unpaired) electrons. The largest absolute Gasteiger partial charge is 0.476 e. The highest BCUT2D eigenvalue weighted by atomic mass is 16.4. The maximum absolute atomic E-state index is 10.8. The molecule has 2 rings (SSSR count). The summed E-state index contributed by atoms with van der Waals surface area (Å²) >= 11 is 0.